The first-order chi connectivity index (χ1) is 10.4. The maximum absolute atomic E-state index is 5.76. The van der Waals surface area contributed by atoms with Gasteiger partial charge in [0.15, 0.2) is 0 Å². The molecule has 0 N–H and O–H groups in total. The van der Waals surface area contributed by atoms with Crippen LogP contribution in [0.1, 0.15) is 5.56 Å². The van der Waals surface area contributed by atoms with Crippen LogP contribution in [0.15, 0.2) is 84.9 Å². The summed E-state index contributed by atoms with van der Waals surface area (Å²) in [6.07, 6.45) is 0. The molecule has 3 aromatic rings. The van der Waals surface area contributed by atoms with Crippen LogP contribution < -0.4 is 9.47 Å². The van der Waals surface area contributed by atoms with Gasteiger partial charge < -0.3 is 9.47 Å². The highest BCUT2D eigenvalue weighted by molar-refractivity contribution is 5.33. The molecule has 0 aliphatic heterocycles. The third kappa shape index (κ3) is 3.86. The Hall–Kier alpha value is -2.74. The molecule has 3 aromatic carbocycles. The molecule has 0 aromatic heterocycles. The number of hydrogen-bond acceptors (Lipinski definition) is 2. The SMILES string of the molecule is c1ccc(OCc2ccc(Oc3ccccc3)cc2)cc1. The van der Waals surface area contributed by atoms with E-state index in [0.717, 1.165) is 22.8 Å². The fraction of sp³-hybridized carbons (Fsp3) is 0.0526. The van der Waals surface area contributed by atoms with E-state index < -0.39 is 0 Å². The Kier molecular flexibility index (Phi) is 4.18. The quantitative estimate of drug-likeness (QED) is 0.648. The third-order valence-electron chi connectivity index (χ3n) is 3.05. The van der Waals surface area contributed by atoms with Crippen LogP contribution in [0.2, 0.25) is 0 Å². The molecule has 0 saturated carbocycles. The van der Waals surface area contributed by atoms with Gasteiger partial charge in [-0.25, -0.2) is 0 Å². The number of hydrogen-bond donors (Lipinski definition) is 0. The van der Waals surface area contributed by atoms with Crippen LogP contribution in [0.5, 0.6) is 17.2 Å². The van der Waals surface area contributed by atoms with Crippen molar-refractivity contribution >= 4 is 0 Å². The lowest BCUT2D eigenvalue weighted by Crippen LogP contribution is -1.95. The summed E-state index contributed by atoms with van der Waals surface area (Å²) in [6.45, 7) is 0.551. The zero-order valence-electron chi connectivity index (χ0n) is 11.6. The van der Waals surface area contributed by atoms with Crippen LogP contribution in [0.25, 0.3) is 0 Å². The average Bonchev–Trinajstić information content (AvgIpc) is 2.56. The highest BCUT2D eigenvalue weighted by Crippen LogP contribution is 2.21. The first-order valence-electron chi connectivity index (χ1n) is 6.90. The van der Waals surface area contributed by atoms with Crippen molar-refractivity contribution in [1.82, 2.24) is 0 Å². The molecule has 0 saturated heterocycles. The Morgan fingerprint density at radius 2 is 1.05 bits per heavy atom. The molecule has 0 amide bonds. The largest absolute Gasteiger partial charge is 0.489 e. The smallest absolute Gasteiger partial charge is 0.127 e. The van der Waals surface area contributed by atoms with Crippen molar-refractivity contribution < 1.29 is 9.47 Å². The van der Waals surface area contributed by atoms with E-state index >= 15 is 0 Å². The summed E-state index contributed by atoms with van der Waals surface area (Å²) in [4.78, 5) is 0. The van der Waals surface area contributed by atoms with E-state index in [0.29, 0.717) is 6.61 Å². The molecule has 3 rings (SSSR count). The summed E-state index contributed by atoms with van der Waals surface area (Å²) in [5, 5.41) is 0. The summed E-state index contributed by atoms with van der Waals surface area (Å²) in [6, 6.07) is 27.5. The maximum atomic E-state index is 5.76. The van der Waals surface area contributed by atoms with Gasteiger partial charge in [0, 0.05) is 0 Å². The number of ether oxygens (including phenoxy) is 2. The topological polar surface area (TPSA) is 18.5 Å². The highest BCUT2D eigenvalue weighted by Gasteiger charge is 1.99. The van der Waals surface area contributed by atoms with Crippen molar-refractivity contribution in [1.29, 1.82) is 0 Å². The lowest BCUT2D eigenvalue weighted by atomic mass is 10.2. The van der Waals surface area contributed by atoms with E-state index in [1.165, 1.54) is 0 Å². The van der Waals surface area contributed by atoms with Crippen LogP contribution >= 0.6 is 0 Å². The molecule has 104 valence electrons. The molecule has 0 aliphatic rings. The molecule has 0 unspecified atom stereocenters. The van der Waals surface area contributed by atoms with E-state index in [-0.39, 0.29) is 0 Å². The Labute approximate surface area is 124 Å². The second-order valence-electron chi connectivity index (χ2n) is 4.66. The van der Waals surface area contributed by atoms with E-state index in [1.54, 1.807) is 0 Å². The lowest BCUT2D eigenvalue weighted by Gasteiger charge is -2.08. The van der Waals surface area contributed by atoms with Gasteiger partial charge in [-0.2, -0.15) is 0 Å². The molecule has 2 nitrogen and oxygen atoms in total. The van der Waals surface area contributed by atoms with E-state index in [1.807, 2.05) is 84.9 Å². The minimum absolute atomic E-state index is 0.551. The predicted octanol–water partition coefficient (Wildman–Crippen LogP) is 5.06. The van der Waals surface area contributed by atoms with Crippen molar-refractivity contribution in [2.24, 2.45) is 0 Å². The Morgan fingerprint density at radius 1 is 0.524 bits per heavy atom. The minimum atomic E-state index is 0.551. The summed E-state index contributed by atoms with van der Waals surface area (Å²) < 4.78 is 11.5. The monoisotopic (exact) mass is 276 g/mol. The van der Waals surface area contributed by atoms with Gasteiger partial charge >= 0.3 is 0 Å². The Bertz CT molecular complexity index is 661. The molecule has 0 spiro atoms. The summed E-state index contributed by atoms with van der Waals surface area (Å²) >= 11 is 0. The molecule has 2 heteroatoms. The third-order valence-corrected chi connectivity index (χ3v) is 3.05. The molecule has 0 radical (unpaired) electrons. The van der Waals surface area contributed by atoms with Crippen molar-refractivity contribution in [3.8, 4) is 17.2 Å². The standard InChI is InChI=1S/C19H16O2/c1-3-7-17(8-4-1)20-15-16-11-13-19(14-12-16)21-18-9-5-2-6-10-18/h1-14H,15H2. The fourth-order valence-electron chi connectivity index (χ4n) is 1.96. The van der Waals surface area contributed by atoms with Crippen molar-refractivity contribution in [3.05, 3.63) is 90.5 Å². The molecular formula is C19H16O2. The number of benzene rings is 3. The second kappa shape index (κ2) is 6.62. The van der Waals surface area contributed by atoms with Crippen molar-refractivity contribution in [2.45, 2.75) is 6.61 Å². The van der Waals surface area contributed by atoms with Gasteiger partial charge in [-0.1, -0.05) is 48.5 Å². The first kappa shape index (κ1) is 13.3. The van der Waals surface area contributed by atoms with Crippen molar-refractivity contribution in [2.75, 3.05) is 0 Å². The van der Waals surface area contributed by atoms with Gasteiger partial charge in [0.1, 0.15) is 23.9 Å². The summed E-state index contributed by atoms with van der Waals surface area (Å²) in [5.41, 5.74) is 1.11. The maximum Gasteiger partial charge on any atom is 0.127 e. The fourth-order valence-corrected chi connectivity index (χ4v) is 1.96. The molecule has 21 heavy (non-hydrogen) atoms. The van der Waals surface area contributed by atoms with Gasteiger partial charge in [-0.3, -0.25) is 0 Å². The summed E-state index contributed by atoms with van der Waals surface area (Å²) in [7, 11) is 0. The zero-order valence-corrected chi connectivity index (χ0v) is 11.6. The second-order valence-corrected chi connectivity index (χ2v) is 4.66. The van der Waals surface area contributed by atoms with Crippen LogP contribution in [-0.2, 0) is 6.61 Å². The van der Waals surface area contributed by atoms with Crippen LogP contribution in [0, 0.1) is 0 Å². The molecule has 0 fully saturated rings. The molecule has 0 aliphatic carbocycles. The Morgan fingerprint density at radius 3 is 1.67 bits per heavy atom. The number of para-hydroxylation sites is 2. The van der Waals surface area contributed by atoms with Crippen LogP contribution in [-0.4, -0.2) is 0 Å². The van der Waals surface area contributed by atoms with Crippen LogP contribution in [0.4, 0.5) is 0 Å². The van der Waals surface area contributed by atoms with Gasteiger partial charge in [-0.05, 0) is 42.0 Å². The molecule has 0 bridgehead atoms. The average molecular weight is 276 g/mol. The molecular weight excluding hydrogens is 260 g/mol. The zero-order chi connectivity index (χ0) is 14.3. The number of rotatable bonds is 5. The van der Waals surface area contributed by atoms with E-state index in [2.05, 4.69) is 0 Å². The Balaban J connectivity index is 1.59. The lowest BCUT2D eigenvalue weighted by molar-refractivity contribution is 0.306. The van der Waals surface area contributed by atoms with Gasteiger partial charge in [-0.15, -0.1) is 0 Å². The normalized spacial score (nSPS) is 10.1. The minimum Gasteiger partial charge on any atom is -0.489 e. The van der Waals surface area contributed by atoms with Crippen molar-refractivity contribution in [3.63, 3.8) is 0 Å². The highest BCUT2D eigenvalue weighted by atomic mass is 16.5. The van der Waals surface area contributed by atoms with Crippen LogP contribution in [0.3, 0.4) is 0 Å². The van der Waals surface area contributed by atoms with Gasteiger partial charge in [0.2, 0.25) is 0 Å². The van der Waals surface area contributed by atoms with E-state index in [4.69, 9.17) is 9.47 Å². The first-order valence-corrected chi connectivity index (χ1v) is 6.90. The van der Waals surface area contributed by atoms with Gasteiger partial charge in [0.05, 0.1) is 0 Å². The van der Waals surface area contributed by atoms with Gasteiger partial charge in [0.25, 0.3) is 0 Å². The predicted molar refractivity (Wildman–Crippen MR) is 83.7 cm³/mol. The molecule has 0 atom stereocenters. The molecule has 0 heterocycles. The van der Waals surface area contributed by atoms with E-state index in [9.17, 15) is 0 Å². The summed E-state index contributed by atoms with van der Waals surface area (Å²) in [5.74, 6) is 2.54.